The smallest absolute Gasteiger partial charge is 0.158 e. The molecule has 2 aromatic heterocycles. The standard InChI is InChI=1S/C16H14FN5/c1-11-5-13(17)3-4-16(11)22-15(6-12(2)20-22)9-21-8-14(7-18)19-10-21/h3-6,8,10H,9H2,1-2H3. The van der Waals surface area contributed by atoms with E-state index in [1.807, 2.05) is 30.6 Å². The third-order valence-corrected chi connectivity index (χ3v) is 3.38. The van der Waals surface area contributed by atoms with Crippen LogP contribution < -0.4 is 0 Å². The highest BCUT2D eigenvalue weighted by Gasteiger charge is 2.11. The van der Waals surface area contributed by atoms with E-state index in [0.29, 0.717) is 12.2 Å². The van der Waals surface area contributed by atoms with Gasteiger partial charge in [-0.2, -0.15) is 10.4 Å². The van der Waals surface area contributed by atoms with Crippen molar-refractivity contribution >= 4 is 0 Å². The zero-order chi connectivity index (χ0) is 15.7. The van der Waals surface area contributed by atoms with Gasteiger partial charge in [0.1, 0.15) is 11.9 Å². The molecule has 0 aliphatic heterocycles. The number of halogens is 1. The molecule has 22 heavy (non-hydrogen) atoms. The van der Waals surface area contributed by atoms with E-state index in [0.717, 1.165) is 22.6 Å². The van der Waals surface area contributed by atoms with E-state index >= 15 is 0 Å². The van der Waals surface area contributed by atoms with Gasteiger partial charge < -0.3 is 4.57 Å². The molecule has 0 aliphatic rings. The molecule has 6 heteroatoms. The van der Waals surface area contributed by atoms with Gasteiger partial charge in [-0.1, -0.05) is 0 Å². The van der Waals surface area contributed by atoms with Crippen molar-refractivity contribution in [2.75, 3.05) is 0 Å². The Hall–Kier alpha value is -2.94. The molecule has 0 N–H and O–H groups in total. The van der Waals surface area contributed by atoms with Crippen LogP contribution in [0.15, 0.2) is 36.8 Å². The van der Waals surface area contributed by atoms with E-state index in [2.05, 4.69) is 10.1 Å². The van der Waals surface area contributed by atoms with E-state index in [4.69, 9.17) is 5.26 Å². The number of hydrogen-bond acceptors (Lipinski definition) is 3. The molecule has 0 spiro atoms. The van der Waals surface area contributed by atoms with E-state index in [-0.39, 0.29) is 5.82 Å². The summed E-state index contributed by atoms with van der Waals surface area (Å²) in [6, 6.07) is 8.60. The van der Waals surface area contributed by atoms with Crippen molar-refractivity contribution in [3.8, 4) is 11.8 Å². The van der Waals surface area contributed by atoms with Gasteiger partial charge in [-0.25, -0.2) is 14.1 Å². The van der Waals surface area contributed by atoms with Crippen molar-refractivity contribution in [1.29, 1.82) is 5.26 Å². The molecule has 0 fully saturated rings. The SMILES string of the molecule is Cc1cc(Cn2cnc(C#N)c2)n(-c2ccc(F)cc2C)n1. The summed E-state index contributed by atoms with van der Waals surface area (Å²) in [5.74, 6) is -0.264. The first-order chi connectivity index (χ1) is 10.6. The molecule has 2 heterocycles. The second-order valence-corrected chi connectivity index (χ2v) is 5.16. The lowest BCUT2D eigenvalue weighted by Gasteiger charge is -2.10. The van der Waals surface area contributed by atoms with Gasteiger partial charge in [0.15, 0.2) is 5.69 Å². The Balaban J connectivity index is 2.01. The first kappa shape index (κ1) is 14.0. The maximum Gasteiger partial charge on any atom is 0.158 e. The number of aromatic nitrogens is 4. The minimum atomic E-state index is -0.264. The van der Waals surface area contributed by atoms with E-state index in [9.17, 15) is 4.39 Å². The van der Waals surface area contributed by atoms with Crippen molar-refractivity contribution in [1.82, 2.24) is 19.3 Å². The lowest BCUT2D eigenvalue weighted by Crippen LogP contribution is -2.08. The first-order valence-corrected chi connectivity index (χ1v) is 6.81. The molecule has 0 bridgehead atoms. The quantitative estimate of drug-likeness (QED) is 0.746. The number of imidazole rings is 1. The summed E-state index contributed by atoms with van der Waals surface area (Å²) >= 11 is 0. The van der Waals surface area contributed by atoms with E-state index in [1.165, 1.54) is 12.1 Å². The molecule has 0 radical (unpaired) electrons. The van der Waals surface area contributed by atoms with E-state index in [1.54, 1.807) is 23.3 Å². The molecule has 3 aromatic rings. The zero-order valence-electron chi connectivity index (χ0n) is 12.3. The number of rotatable bonds is 3. The van der Waals surface area contributed by atoms with Crippen molar-refractivity contribution < 1.29 is 4.39 Å². The third kappa shape index (κ3) is 2.61. The first-order valence-electron chi connectivity index (χ1n) is 6.81. The predicted octanol–water partition coefficient (Wildman–Crippen LogP) is 2.74. The molecular formula is C16H14FN5. The normalized spacial score (nSPS) is 10.6. The Bertz CT molecular complexity index is 869. The second kappa shape index (κ2) is 5.45. The van der Waals surface area contributed by atoms with Crippen LogP contribution in [-0.4, -0.2) is 19.3 Å². The fraction of sp³-hybridized carbons (Fsp3) is 0.188. The molecule has 0 saturated heterocycles. The second-order valence-electron chi connectivity index (χ2n) is 5.16. The summed E-state index contributed by atoms with van der Waals surface area (Å²) < 4.78 is 16.9. The number of hydrogen-bond donors (Lipinski definition) is 0. The maximum atomic E-state index is 13.3. The number of nitrogens with zero attached hydrogens (tertiary/aromatic N) is 5. The Morgan fingerprint density at radius 2 is 2.09 bits per heavy atom. The summed E-state index contributed by atoms with van der Waals surface area (Å²) in [7, 11) is 0. The Morgan fingerprint density at radius 3 is 2.77 bits per heavy atom. The van der Waals surface area contributed by atoms with Gasteiger partial charge in [0.05, 0.1) is 29.9 Å². The van der Waals surface area contributed by atoms with Gasteiger partial charge in [-0.3, -0.25) is 0 Å². The Morgan fingerprint density at radius 1 is 1.27 bits per heavy atom. The highest BCUT2D eigenvalue weighted by Crippen LogP contribution is 2.18. The fourth-order valence-electron chi connectivity index (χ4n) is 2.42. The van der Waals surface area contributed by atoms with Crippen LogP contribution in [-0.2, 0) is 6.54 Å². The lowest BCUT2D eigenvalue weighted by atomic mass is 10.2. The number of nitriles is 1. The van der Waals surface area contributed by atoms with Gasteiger partial charge in [0.25, 0.3) is 0 Å². The summed E-state index contributed by atoms with van der Waals surface area (Å²) in [5.41, 5.74) is 3.84. The molecule has 0 aliphatic carbocycles. The molecule has 0 saturated carbocycles. The summed E-state index contributed by atoms with van der Waals surface area (Å²) in [5, 5.41) is 13.3. The number of aryl methyl sites for hydroxylation is 2. The fourth-order valence-corrected chi connectivity index (χ4v) is 2.42. The highest BCUT2D eigenvalue weighted by atomic mass is 19.1. The van der Waals surface area contributed by atoms with Gasteiger partial charge in [-0.05, 0) is 43.7 Å². The number of benzene rings is 1. The average Bonchev–Trinajstić information content (AvgIpc) is 3.06. The Kier molecular flexibility index (Phi) is 3.47. The van der Waals surface area contributed by atoms with Crippen LogP contribution in [0.5, 0.6) is 0 Å². The maximum absolute atomic E-state index is 13.3. The van der Waals surface area contributed by atoms with Gasteiger partial charge in [-0.15, -0.1) is 0 Å². The lowest BCUT2D eigenvalue weighted by molar-refractivity contribution is 0.624. The molecule has 1 aromatic carbocycles. The topological polar surface area (TPSA) is 59.4 Å². The third-order valence-electron chi connectivity index (χ3n) is 3.38. The van der Waals surface area contributed by atoms with Gasteiger partial charge >= 0.3 is 0 Å². The van der Waals surface area contributed by atoms with Crippen molar-refractivity contribution in [2.45, 2.75) is 20.4 Å². The van der Waals surface area contributed by atoms with Crippen LogP contribution in [0.2, 0.25) is 0 Å². The van der Waals surface area contributed by atoms with Crippen molar-refractivity contribution in [3.63, 3.8) is 0 Å². The molecule has 110 valence electrons. The van der Waals surface area contributed by atoms with Gasteiger partial charge in [0.2, 0.25) is 0 Å². The zero-order valence-corrected chi connectivity index (χ0v) is 12.3. The van der Waals surface area contributed by atoms with E-state index < -0.39 is 0 Å². The predicted molar refractivity (Wildman–Crippen MR) is 79.0 cm³/mol. The summed E-state index contributed by atoms with van der Waals surface area (Å²) in [6.45, 7) is 4.30. The molecule has 3 rings (SSSR count). The van der Waals surface area contributed by atoms with Crippen LogP contribution >= 0.6 is 0 Å². The van der Waals surface area contributed by atoms with Crippen molar-refractivity contribution in [2.24, 2.45) is 0 Å². The van der Waals surface area contributed by atoms with Crippen LogP contribution in [0.25, 0.3) is 5.69 Å². The molecular weight excluding hydrogens is 281 g/mol. The summed E-state index contributed by atoms with van der Waals surface area (Å²) in [6.07, 6.45) is 3.30. The molecule has 0 amide bonds. The minimum absolute atomic E-state index is 0.264. The monoisotopic (exact) mass is 295 g/mol. The van der Waals surface area contributed by atoms with Crippen LogP contribution in [0, 0.1) is 31.0 Å². The average molecular weight is 295 g/mol. The minimum Gasteiger partial charge on any atom is -0.330 e. The Labute approximate surface area is 127 Å². The van der Waals surface area contributed by atoms with Crippen LogP contribution in [0.4, 0.5) is 4.39 Å². The molecule has 0 atom stereocenters. The highest BCUT2D eigenvalue weighted by molar-refractivity contribution is 5.41. The molecule has 0 unspecified atom stereocenters. The van der Waals surface area contributed by atoms with Crippen molar-refractivity contribution in [3.05, 3.63) is 65.3 Å². The summed E-state index contributed by atoms with van der Waals surface area (Å²) in [4.78, 5) is 3.99. The van der Waals surface area contributed by atoms with Crippen LogP contribution in [0.1, 0.15) is 22.6 Å². The largest absolute Gasteiger partial charge is 0.330 e. The van der Waals surface area contributed by atoms with Crippen LogP contribution in [0.3, 0.4) is 0 Å². The molecule has 5 nitrogen and oxygen atoms in total. The van der Waals surface area contributed by atoms with Gasteiger partial charge in [0, 0.05) is 6.20 Å².